The molecule has 0 radical (unpaired) electrons. The molecule has 6 nitrogen and oxygen atoms in total. The summed E-state index contributed by atoms with van der Waals surface area (Å²) in [5.74, 6) is 0.0429. The molecule has 3 rings (SSSR count). The van der Waals surface area contributed by atoms with Crippen molar-refractivity contribution in [2.24, 2.45) is 11.7 Å². The lowest BCUT2D eigenvalue weighted by atomic mass is 9.93. The summed E-state index contributed by atoms with van der Waals surface area (Å²) in [7, 11) is 0. The van der Waals surface area contributed by atoms with E-state index in [9.17, 15) is 9.90 Å². The van der Waals surface area contributed by atoms with Crippen LogP contribution in [-0.4, -0.2) is 20.6 Å². The largest absolute Gasteiger partial charge is 0.508 e. The van der Waals surface area contributed by atoms with Crippen LogP contribution in [0.3, 0.4) is 0 Å². The average Bonchev–Trinajstić information content (AvgIpc) is 2.75. The number of primary amides is 1. The number of pyridine rings is 1. The lowest BCUT2D eigenvalue weighted by molar-refractivity contribution is 0.100. The van der Waals surface area contributed by atoms with Gasteiger partial charge in [0.15, 0.2) is 0 Å². The van der Waals surface area contributed by atoms with Gasteiger partial charge in [-0.1, -0.05) is 6.92 Å². The highest BCUT2D eigenvalue weighted by Gasteiger charge is 2.27. The lowest BCUT2D eigenvalue weighted by Crippen LogP contribution is -2.17. The first-order chi connectivity index (χ1) is 10.8. The molecule has 2 aromatic rings. The van der Waals surface area contributed by atoms with Gasteiger partial charge in [-0.25, -0.2) is 4.98 Å². The van der Waals surface area contributed by atoms with E-state index in [1.54, 1.807) is 16.8 Å². The Morgan fingerprint density at radius 3 is 2.78 bits per heavy atom. The van der Waals surface area contributed by atoms with Crippen molar-refractivity contribution in [3.8, 4) is 0 Å². The number of rotatable bonds is 2. The Morgan fingerprint density at radius 1 is 1.43 bits per heavy atom. The lowest BCUT2D eigenvalue weighted by Gasteiger charge is -2.24. The van der Waals surface area contributed by atoms with Crippen molar-refractivity contribution in [1.29, 1.82) is 0 Å². The molecule has 1 unspecified atom stereocenters. The number of hydrogen-bond acceptors (Lipinski definition) is 4. The number of fused-ring (bicyclic) bond motifs is 1. The molecule has 1 amide bonds. The van der Waals surface area contributed by atoms with Crippen LogP contribution < -0.4 is 11.5 Å². The van der Waals surface area contributed by atoms with E-state index in [-0.39, 0.29) is 23.1 Å². The molecule has 0 fully saturated rings. The molecule has 0 spiro atoms. The molecule has 1 aliphatic rings. The summed E-state index contributed by atoms with van der Waals surface area (Å²) in [4.78, 5) is 16.3. The molecule has 2 heterocycles. The number of allylic oxidation sites excluding steroid dienone is 3. The van der Waals surface area contributed by atoms with E-state index in [0.29, 0.717) is 17.5 Å². The van der Waals surface area contributed by atoms with E-state index in [1.165, 1.54) is 0 Å². The van der Waals surface area contributed by atoms with Crippen LogP contribution in [0.4, 0.5) is 5.82 Å². The fourth-order valence-corrected chi connectivity index (χ4v) is 3.23. The zero-order valence-electron chi connectivity index (χ0n) is 13.4. The third-order valence-electron chi connectivity index (χ3n) is 4.37. The first kappa shape index (κ1) is 15.1. The molecule has 1 aliphatic carbocycles. The van der Waals surface area contributed by atoms with Crippen LogP contribution in [0.1, 0.15) is 36.2 Å². The van der Waals surface area contributed by atoms with Gasteiger partial charge in [-0.2, -0.15) is 0 Å². The Labute approximate surface area is 134 Å². The third kappa shape index (κ3) is 2.18. The van der Waals surface area contributed by atoms with E-state index in [4.69, 9.17) is 11.5 Å². The highest BCUT2D eigenvalue weighted by molar-refractivity contribution is 6.11. The van der Waals surface area contributed by atoms with E-state index in [1.807, 2.05) is 26.8 Å². The molecular weight excluding hydrogens is 292 g/mol. The number of nitrogen functional groups attached to an aromatic ring is 1. The number of aromatic nitrogens is 2. The average molecular weight is 312 g/mol. The van der Waals surface area contributed by atoms with Gasteiger partial charge in [-0.15, -0.1) is 0 Å². The van der Waals surface area contributed by atoms with Crippen LogP contribution >= 0.6 is 0 Å². The molecule has 6 heteroatoms. The molecule has 5 N–H and O–H groups in total. The number of aliphatic hydroxyl groups excluding tert-OH is 1. The summed E-state index contributed by atoms with van der Waals surface area (Å²) in [6.45, 7) is 5.78. The quantitative estimate of drug-likeness (QED) is 0.792. The van der Waals surface area contributed by atoms with Gasteiger partial charge in [-0.3, -0.25) is 9.36 Å². The Morgan fingerprint density at radius 2 is 2.13 bits per heavy atom. The number of aliphatic hydroxyl groups is 1. The van der Waals surface area contributed by atoms with Gasteiger partial charge in [0.05, 0.1) is 5.56 Å². The minimum absolute atomic E-state index is 0.132. The molecule has 0 saturated heterocycles. The topological polar surface area (TPSA) is 107 Å². The summed E-state index contributed by atoms with van der Waals surface area (Å²) in [6.07, 6.45) is 4.20. The van der Waals surface area contributed by atoms with Gasteiger partial charge in [0, 0.05) is 28.8 Å². The van der Waals surface area contributed by atoms with Gasteiger partial charge in [-0.05, 0) is 38.0 Å². The Kier molecular flexibility index (Phi) is 3.39. The third-order valence-corrected chi connectivity index (χ3v) is 4.37. The number of hydrogen-bond donors (Lipinski definition) is 3. The number of carbonyl (C=O) groups is 1. The fraction of sp³-hybridized carbons (Fsp3) is 0.294. The zero-order chi connectivity index (χ0) is 16.9. The maximum atomic E-state index is 11.9. The maximum absolute atomic E-state index is 11.9. The van der Waals surface area contributed by atoms with E-state index >= 15 is 0 Å². The highest BCUT2D eigenvalue weighted by Crippen LogP contribution is 2.38. The second-order valence-corrected chi connectivity index (χ2v) is 6.08. The molecule has 0 saturated carbocycles. The summed E-state index contributed by atoms with van der Waals surface area (Å²) in [6, 6.07) is 1.86. The first-order valence-electron chi connectivity index (χ1n) is 7.49. The van der Waals surface area contributed by atoms with Crippen molar-refractivity contribution >= 4 is 28.5 Å². The van der Waals surface area contributed by atoms with E-state index in [0.717, 1.165) is 16.8 Å². The van der Waals surface area contributed by atoms with E-state index < -0.39 is 5.91 Å². The van der Waals surface area contributed by atoms with Gasteiger partial charge in [0.1, 0.15) is 17.2 Å². The van der Waals surface area contributed by atoms with Crippen molar-refractivity contribution < 1.29 is 9.90 Å². The summed E-state index contributed by atoms with van der Waals surface area (Å²) in [5, 5.41) is 10.7. The number of anilines is 1. The monoisotopic (exact) mass is 312 g/mol. The number of carbonyl (C=O) groups excluding carboxylic acids is 1. The van der Waals surface area contributed by atoms with Crippen molar-refractivity contribution in [3.63, 3.8) is 0 Å². The predicted molar refractivity (Wildman–Crippen MR) is 90.8 cm³/mol. The van der Waals surface area contributed by atoms with Gasteiger partial charge in [0.25, 0.3) is 5.91 Å². The van der Waals surface area contributed by atoms with Crippen molar-refractivity contribution in [2.75, 3.05) is 5.73 Å². The Hall–Kier alpha value is -2.76. The van der Waals surface area contributed by atoms with Crippen LogP contribution in [0.25, 0.3) is 16.7 Å². The normalized spacial score (nSPS) is 18.4. The van der Waals surface area contributed by atoms with Gasteiger partial charge in [0.2, 0.25) is 0 Å². The zero-order valence-corrected chi connectivity index (χ0v) is 13.4. The molecule has 1 atom stereocenters. The number of nitrogens with zero attached hydrogens (tertiary/aromatic N) is 2. The van der Waals surface area contributed by atoms with Gasteiger partial charge < -0.3 is 16.6 Å². The summed E-state index contributed by atoms with van der Waals surface area (Å²) >= 11 is 0. The highest BCUT2D eigenvalue weighted by atomic mass is 16.3. The molecule has 0 aliphatic heterocycles. The first-order valence-corrected chi connectivity index (χ1v) is 7.49. The van der Waals surface area contributed by atoms with Crippen molar-refractivity contribution in [1.82, 2.24) is 9.55 Å². The second kappa shape index (κ2) is 5.15. The molecule has 0 bridgehead atoms. The maximum Gasteiger partial charge on any atom is 0.253 e. The Balaban J connectivity index is 2.43. The van der Waals surface area contributed by atoms with Crippen LogP contribution in [-0.2, 0) is 0 Å². The number of nitrogens with two attached hydrogens (primary N) is 2. The van der Waals surface area contributed by atoms with Crippen LogP contribution in [0.5, 0.6) is 0 Å². The van der Waals surface area contributed by atoms with E-state index in [2.05, 4.69) is 4.98 Å². The standard InChI is InChI=1S/C17H20N4O2/c1-8-6-11-13(16(19)23)15(18)21(17(11)20-7-8)14-9(2)4-5-12(22)10(14)3/h5-7,9,22H,4,18H2,1-3H3,(H2,19,23). The minimum Gasteiger partial charge on any atom is -0.508 e. The predicted octanol–water partition coefficient (Wildman–Crippen LogP) is 2.74. The van der Waals surface area contributed by atoms with Crippen LogP contribution in [0.15, 0.2) is 29.7 Å². The van der Waals surface area contributed by atoms with Crippen LogP contribution in [0, 0.1) is 12.8 Å². The summed E-state index contributed by atoms with van der Waals surface area (Å²) in [5.41, 5.74) is 15.1. The molecule has 2 aromatic heterocycles. The second-order valence-electron chi connectivity index (χ2n) is 6.08. The minimum atomic E-state index is -0.583. The Bertz CT molecular complexity index is 890. The molecular formula is C17H20N4O2. The smallest absolute Gasteiger partial charge is 0.253 e. The molecule has 23 heavy (non-hydrogen) atoms. The van der Waals surface area contributed by atoms with Gasteiger partial charge >= 0.3 is 0 Å². The van der Waals surface area contributed by atoms with Crippen LogP contribution in [0.2, 0.25) is 0 Å². The summed E-state index contributed by atoms with van der Waals surface area (Å²) < 4.78 is 1.75. The molecule has 120 valence electrons. The van der Waals surface area contributed by atoms with Crippen molar-refractivity contribution in [3.05, 3.63) is 40.8 Å². The number of aryl methyl sites for hydroxylation is 1. The fourth-order valence-electron chi connectivity index (χ4n) is 3.23. The molecule has 0 aromatic carbocycles. The SMILES string of the molecule is CC1=C(n2c(N)c(C(N)=O)c3cc(C)cnc32)C(C)CC=C1O. The van der Waals surface area contributed by atoms with Crippen molar-refractivity contribution in [2.45, 2.75) is 27.2 Å². The number of amides is 1.